The second kappa shape index (κ2) is 10.6. The summed E-state index contributed by atoms with van der Waals surface area (Å²) >= 11 is 1.50. The summed E-state index contributed by atoms with van der Waals surface area (Å²) in [6.07, 6.45) is 2.67. The van der Waals surface area contributed by atoms with Gasteiger partial charge in [-0.05, 0) is 61.7 Å². The van der Waals surface area contributed by atoms with Gasteiger partial charge in [-0.3, -0.25) is 4.79 Å². The highest BCUT2D eigenvalue weighted by molar-refractivity contribution is 7.89. The van der Waals surface area contributed by atoms with E-state index in [1.54, 1.807) is 12.1 Å². The van der Waals surface area contributed by atoms with E-state index >= 15 is 0 Å². The van der Waals surface area contributed by atoms with Crippen molar-refractivity contribution in [2.24, 2.45) is 4.99 Å². The van der Waals surface area contributed by atoms with Crippen molar-refractivity contribution in [3.63, 3.8) is 0 Å². The fourth-order valence-electron chi connectivity index (χ4n) is 3.56. The van der Waals surface area contributed by atoms with E-state index < -0.39 is 10.0 Å². The van der Waals surface area contributed by atoms with Gasteiger partial charge in [-0.25, -0.2) is 8.42 Å². The van der Waals surface area contributed by atoms with Gasteiger partial charge in [-0.1, -0.05) is 44.6 Å². The molecule has 1 amide bonds. The minimum atomic E-state index is -3.57. The van der Waals surface area contributed by atoms with Crippen LogP contribution in [0, 0.1) is 6.92 Å². The summed E-state index contributed by atoms with van der Waals surface area (Å²) in [5, 5.41) is 0. The summed E-state index contributed by atoms with van der Waals surface area (Å²) in [5.41, 5.74) is 2.61. The summed E-state index contributed by atoms with van der Waals surface area (Å²) in [6, 6.07) is 12.3. The Morgan fingerprint density at radius 1 is 1.06 bits per heavy atom. The zero-order valence-corrected chi connectivity index (χ0v) is 20.8. The van der Waals surface area contributed by atoms with Crippen molar-refractivity contribution in [2.45, 2.75) is 58.4 Å². The highest BCUT2D eigenvalue weighted by atomic mass is 32.2. The van der Waals surface area contributed by atoms with E-state index in [1.807, 2.05) is 20.8 Å². The first-order chi connectivity index (χ1) is 15.3. The molecule has 3 aromatic rings. The lowest BCUT2D eigenvalue weighted by Gasteiger charge is -2.20. The summed E-state index contributed by atoms with van der Waals surface area (Å²) < 4.78 is 30.4. The molecule has 0 unspecified atom stereocenters. The van der Waals surface area contributed by atoms with Crippen molar-refractivity contribution in [1.82, 2.24) is 8.87 Å². The number of rotatable bonds is 9. The van der Waals surface area contributed by atoms with Crippen molar-refractivity contribution >= 4 is 37.5 Å². The molecule has 32 heavy (non-hydrogen) atoms. The molecule has 6 nitrogen and oxygen atoms in total. The first kappa shape index (κ1) is 24.4. The highest BCUT2D eigenvalue weighted by Gasteiger charge is 2.22. The van der Waals surface area contributed by atoms with Crippen LogP contribution in [0.1, 0.15) is 56.0 Å². The van der Waals surface area contributed by atoms with Gasteiger partial charge < -0.3 is 4.57 Å². The molecule has 0 saturated heterocycles. The molecule has 1 aromatic heterocycles. The van der Waals surface area contributed by atoms with Crippen LogP contribution in [0.2, 0.25) is 0 Å². The number of nitrogens with zero attached hydrogens (tertiary/aromatic N) is 3. The van der Waals surface area contributed by atoms with Gasteiger partial charge in [0.2, 0.25) is 10.0 Å². The summed E-state index contributed by atoms with van der Waals surface area (Å²) in [6.45, 7) is 9.69. The molecular formula is C24H31N3O3S2. The van der Waals surface area contributed by atoms with Crippen LogP contribution in [0.4, 0.5) is 0 Å². The van der Waals surface area contributed by atoms with Crippen molar-refractivity contribution < 1.29 is 13.2 Å². The van der Waals surface area contributed by atoms with Crippen LogP contribution in [0.5, 0.6) is 0 Å². The first-order valence-electron chi connectivity index (χ1n) is 11.1. The number of thiazole rings is 1. The average Bonchev–Trinajstić information content (AvgIpc) is 3.10. The van der Waals surface area contributed by atoms with Crippen molar-refractivity contribution in [3.8, 4) is 0 Å². The predicted molar refractivity (Wildman–Crippen MR) is 131 cm³/mol. The summed E-state index contributed by atoms with van der Waals surface area (Å²) in [7, 11) is -3.57. The zero-order chi connectivity index (χ0) is 23.3. The molecule has 0 spiro atoms. The van der Waals surface area contributed by atoms with Crippen molar-refractivity contribution in [3.05, 3.63) is 58.4 Å². The van der Waals surface area contributed by atoms with Crippen LogP contribution >= 0.6 is 11.3 Å². The van der Waals surface area contributed by atoms with E-state index in [0.29, 0.717) is 23.5 Å². The van der Waals surface area contributed by atoms with E-state index in [2.05, 4.69) is 34.7 Å². The topological polar surface area (TPSA) is 71.7 Å². The highest BCUT2D eigenvalue weighted by Crippen LogP contribution is 2.20. The van der Waals surface area contributed by atoms with Crippen molar-refractivity contribution in [1.29, 1.82) is 0 Å². The van der Waals surface area contributed by atoms with E-state index in [1.165, 1.54) is 27.8 Å². The Balaban J connectivity index is 1.93. The maximum atomic E-state index is 12.9. The number of unbranched alkanes of at least 4 members (excludes halogenated alkanes) is 1. The van der Waals surface area contributed by atoms with Gasteiger partial charge in [0.15, 0.2) is 4.80 Å². The number of aromatic nitrogens is 1. The van der Waals surface area contributed by atoms with Crippen LogP contribution in [-0.2, 0) is 16.6 Å². The lowest BCUT2D eigenvalue weighted by atomic mass is 10.2. The number of carbonyl (C=O) groups excluding carboxylic acids is 1. The second-order valence-corrected chi connectivity index (χ2v) is 10.7. The number of carbonyl (C=O) groups is 1. The van der Waals surface area contributed by atoms with Gasteiger partial charge in [-0.15, -0.1) is 0 Å². The quantitative estimate of drug-likeness (QED) is 0.440. The molecule has 0 bridgehead atoms. The Bertz CT molecular complexity index is 1260. The van der Waals surface area contributed by atoms with E-state index in [0.717, 1.165) is 41.6 Å². The Hall–Kier alpha value is -2.29. The minimum Gasteiger partial charge on any atom is -0.316 e. The van der Waals surface area contributed by atoms with Gasteiger partial charge in [0.05, 0.1) is 15.1 Å². The number of hydrogen-bond acceptors (Lipinski definition) is 4. The van der Waals surface area contributed by atoms with Gasteiger partial charge in [0.25, 0.3) is 5.91 Å². The smallest absolute Gasteiger partial charge is 0.279 e. The van der Waals surface area contributed by atoms with Crippen LogP contribution in [-0.4, -0.2) is 36.3 Å². The molecule has 0 radical (unpaired) electrons. The Labute approximate surface area is 194 Å². The largest absolute Gasteiger partial charge is 0.316 e. The van der Waals surface area contributed by atoms with Gasteiger partial charge >= 0.3 is 0 Å². The molecule has 1 heterocycles. The third-order valence-electron chi connectivity index (χ3n) is 5.34. The Morgan fingerprint density at radius 2 is 1.78 bits per heavy atom. The summed E-state index contributed by atoms with van der Waals surface area (Å²) in [4.78, 5) is 18.1. The molecule has 3 rings (SSSR count). The molecular weight excluding hydrogens is 442 g/mol. The molecule has 0 saturated carbocycles. The predicted octanol–water partition coefficient (Wildman–Crippen LogP) is 4.97. The van der Waals surface area contributed by atoms with Crippen LogP contribution in [0.3, 0.4) is 0 Å². The number of hydrogen-bond donors (Lipinski definition) is 0. The molecule has 0 atom stereocenters. The molecule has 0 fully saturated rings. The number of sulfonamides is 1. The number of amides is 1. The van der Waals surface area contributed by atoms with Crippen LogP contribution in [0.15, 0.2) is 52.4 Å². The first-order valence-corrected chi connectivity index (χ1v) is 13.4. The molecule has 0 N–H and O–H groups in total. The van der Waals surface area contributed by atoms with E-state index in [4.69, 9.17) is 0 Å². The Morgan fingerprint density at radius 3 is 2.41 bits per heavy atom. The van der Waals surface area contributed by atoms with Gasteiger partial charge in [-0.2, -0.15) is 9.30 Å². The third kappa shape index (κ3) is 5.19. The SMILES string of the molecule is CCCCN(CC)S(=O)(=O)c1ccc(C(=O)N=c2sc3cc(C)ccc3n2CCC)cc1. The Kier molecular flexibility index (Phi) is 8.03. The molecule has 172 valence electrons. The monoisotopic (exact) mass is 473 g/mol. The lowest BCUT2D eigenvalue weighted by molar-refractivity contribution is 0.0997. The van der Waals surface area contributed by atoms with E-state index in [-0.39, 0.29) is 10.8 Å². The zero-order valence-electron chi connectivity index (χ0n) is 19.2. The van der Waals surface area contributed by atoms with Gasteiger partial charge in [0.1, 0.15) is 0 Å². The van der Waals surface area contributed by atoms with E-state index in [9.17, 15) is 13.2 Å². The number of fused-ring (bicyclic) bond motifs is 1. The molecule has 0 aliphatic rings. The number of aryl methyl sites for hydroxylation is 2. The van der Waals surface area contributed by atoms with Crippen LogP contribution < -0.4 is 4.80 Å². The molecule has 0 aliphatic carbocycles. The molecule has 0 aliphatic heterocycles. The second-order valence-electron chi connectivity index (χ2n) is 7.80. The number of benzene rings is 2. The maximum absolute atomic E-state index is 12.9. The van der Waals surface area contributed by atoms with Crippen molar-refractivity contribution in [2.75, 3.05) is 13.1 Å². The lowest BCUT2D eigenvalue weighted by Crippen LogP contribution is -2.31. The summed E-state index contributed by atoms with van der Waals surface area (Å²) in [5.74, 6) is -0.375. The third-order valence-corrected chi connectivity index (χ3v) is 8.37. The fraction of sp³-hybridized carbons (Fsp3) is 0.417. The molecule has 8 heteroatoms. The average molecular weight is 474 g/mol. The minimum absolute atomic E-state index is 0.199. The normalized spacial score (nSPS) is 12.7. The standard InChI is InChI=1S/C24H31N3O3S2/c1-5-8-16-26(7-3)32(29,30)20-12-10-19(11-13-20)23(28)25-24-27(15-6-2)21-14-9-18(4)17-22(21)31-24/h9-14,17H,5-8,15-16H2,1-4H3. The maximum Gasteiger partial charge on any atom is 0.279 e. The fourth-order valence-corrected chi connectivity index (χ4v) is 6.20. The van der Waals surface area contributed by atoms with Gasteiger partial charge in [0, 0.05) is 25.2 Å². The molecule has 2 aromatic carbocycles. The van der Waals surface area contributed by atoms with Crippen LogP contribution in [0.25, 0.3) is 10.2 Å².